The fourth-order valence-electron chi connectivity index (χ4n) is 3.17. The van der Waals surface area contributed by atoms with E-state index in [1.165, 1.54) is 25.3 Å². The van der Waals surface area contributed by atoms with E-state index in [-0.39, 0.29) is 17.0 Å². The number of methoxy groups -OCH3 is 1. The summed E-state index contributed by atoms with van der Waals surface area (Å²) >= 11 is 0. The van der Waals surface area contributed by atoms with E-state index in [0.29, 0.717) is 27.9 Å². The Labute approximate surface area is 166 Å². The van der Waals surface area contributed by atoms with Gasteiger partial charge in [-0.1, -0.05) is 24.3 Å². The van der Waals surface area contributed by atoms with Gasteiger partial charge in [-0.3, -0.25) is 9.52 Å². The SMILES string of the molecule is COc1ccc(CC(=O)O)c(NS(=O)(=O)c2ccc3oc4ccccc4c3c2)c1. The van der Waals surface area contributed by atoms with Crippen LogP contribution in [0.3, 0.4) is 0 Å². The molecule has 4 aromatic rings. The van der Waals surface area contributed by atoms with Crippen LogP contribution in [0, 0.1) is 0 Å². The molecule has 0 radical (unpaired) electrons. The predicted molar refractivity (Wildman–Crippen MR) is 109 cm³/mol. The van der Waals surface area contributed by atoms with Crippen LogP contribution in [0.4, 0.5) is 5.69 Å². The van der Waals surface area contributed by atoms with Crippen molar-refractivity contribution in [2.45, 2.75) is 11.3 Å². The van der Waals surface area contributed by atoms with Crippen molar-refractivity contribution < 1.29 is 27.5 Å². The standard InChI is InChI=1S/C21H17NO6S/c1-27-14-7-6-13(10-21(23)24)18(11-14)22-29(25,26)15-8-9-20-17(12-15)16-4-2-3-5-19(16)28-20/h2-9,11-12,22H,10H2,1H3,(H,23,24). The van der Waals surface area contributed by atoms with Gasteiger partial charge in [-0.2, -0.15) is 0 Å². The Kier molecular flexibility index (Phi) is 4.63. The summed E-state index contributed by atoms with van der Waals surface area (Å²) in [7, 11) is -2.53. The number of hydrogen-bond acceptors (Lipinski definition) is 5. The molecule has 0 amide bonds. The first-order valence-electron chi connectivity index (χ1n) is 8.70. The Balaban J connectivity index is 1.77. The normalized spacial score (nSPS) is 11.6. The topological polar surface area (TPSA) is 106 Å². The number of sulfonamides is 1. The summed E-state index contributed by atoms with van der Waals surface area (Å²) in [5.41, 5.74) is 1.74. The van der Waals surface area contributed by atoms with E-state index in [1.54, 1.807) is 18.2 Å². The first-order chi connectivity index (χ1) is 13.9. The molecule has 0 unspecified atom stereocenters. The van der Waals surface area contributed by atoms with E-state index in [1.807, 2.05) is 24.3 Å². The minimum absolute atomic E-state index is 0.0423. The third-order valence-corrected chi connectivity index (χ3v) is 5.92. The molecule has 0 spiro atoms. The molecule has 0 bridgehead atoms. The molecule has 0 fully saturated rings. The molecule has 2 N–H and O–H groups in total. The smallest absolute Gasteiger partial charge is 0.307 e. The molecule has 1 heterocycles. The van der Waals surface area contributed by atoms with E-state index in [9.17, 15) is 13.2 Å². The van der Waals surface area contributed by atoms with Gasteiger partial charge in [-0.15, -0.1) is 0 Å². The van der Waals surface area contributed by atoms with Gasteiger partial charge in [0.05, 0.1) is 24.1 Å². The van der Waals surface area contributed by atoms with Crippen LogP contribution in [0.25, 0.3) is 21.9 Å². The largest absolute Gasteiger partial charge is 0.497 e. The Morgan fingerprint density at radius 2 is 1.79 bits per heavy atom. The van der Waals surface area contributed by atoms with Gasteiger partial charge in [0.1, 0.15) is 16.9 Å². The highest BCUT2D eigenvalue weighted by molar-refractivity contribution is 7.92. The van der Waals surface area contributed by atoms with Crippen LogP contribution >= 0.6 is 0 Å². The van der Waals surface area contributed by atoms with Gasteiger partial charge in [0.15, 0.2) is 0 Å². The first-order valence-corrected chi connectivity index (χ1v) is 10.2. The highest BCUT2D eigenvalue weighted by atomic mass is 32.2. The summed E-state index contributed by atoms with van der Waals surface area (Å²) < 4.78 is 39.4. The minimum atomic E-state index is -3.97. The number of fused-ring (bicyclic) bond motifs is 3. The van der Waals surface area contributed by atoms with Crippen molar-refractivity contribution in [3.8, 4) is 5.75 Å². The molecule has 0 saturated heterocycles. The molecule has 0 saturated carbocycles. The quantitative estimate of drug-likeness (QED) is 0.496. The molecule has 0 aliphatic heterocycles. The number of carbonyl (C=O) groups is 1. The number of rotatable bonds is 6. The van der Waals surface area contributed by atoms with Crippen molar-refractivity contribution in [1.82, 2.24) is 0 Å². The van der Waals surface area contributed by atoms with Crippen LogP contribution in [0.15, 0.2) is 70.0 Å². The van der Waals surface area contributed by atoms with Crippen molar-refractivity contribution in [1.29, 1.82) is 0 Å². The zero-order valence-corrected chi connectivity index (χ0v) is 16.2. The number of para-hydroxylation sites is 1. The third kappa shape index (κ3) is 3.62. The summed E-state index contributed by atoms with van der Waals surface area (Å²) in [5.74, 6) is -0.657. The molecule has 0 aliphatic rings. The highest BCUT2D eigenvalue weighted by Gasteiger charge is 2.19. The summed E-state index contributed by atoms with van der Waals surface area (Å²) in [4.78, 5) is 11.2. The van der Waals surface area contributed by atoms with Crippen molar-refractivity contribution in [3.05, 3.63) is 66.2 Å². The van der Waals surface area contributed by atoms with E-state index < -0.39 is 16.0 Å². The van der Waals surface area contributed by atoms with E-state index in [0.717, 1.165) is 5.39 Å². The Morgan fingerprint density at radius 3 is 2.55 bits per heavy atom. The molecule has 148 valence electrons. The lowest BCUT2D eigenvalue weighted by Gasteiger charge is -2.13. The number of carboxylic acid groups (broad SMARTS) is 1. The number of carboxylic acids is 1. The molecule has 0 atom stereocenters. The zero-order chi connectivity index (χ0) is 20.6. The van der Waals surface area contributed by atoms with Gasteiger partial charge in [0.2, 0.25) is 0 Å². The maximum Gasteiger partial charge on any atom is 0.307 e. The Hall–Kier alpha value is -3.52. The van der Waals surface area contributed by atoms with Crippen LogP contribution in [0.2, 0.25) is 0 Å². The van der Waals surface area contributed by atoms with Crippen molar-refractivity contribution in [2.24, 2.45) is 0 Å². The molecule has 7 nitrogen and oxygen atoms in total. The van der Waals surface area contributed by atoms with Crippen LogP contribution in [-0.4, -0.2) is 26.6 Å². The van der Waals surface area contributed by atoms with Gasteiger partial charge in [-0.25, -0.2) is 8.42 Å². The van der Waals surface area contributed by atoms with Crippen molar-refractivity contribution in [2.75, 3.05) is 11.8 Å². The monoisotopic (exact) mass is 411 g/mol. The van der Waals surface area contributed by atoms with Crippen molar-refractivity contribution in [3.63, 3.8) is 0 Å². The predicted octanol–water partition coefficient (Wildman–Crippen LogP) is 4.02. The fourth-order valence-corrected chi connectivity index (χ4v) is 4.29. The van der Waals surface area contributed by atoms with Gasteiger partial charge < -0.3 is 14.3 Å². The molecule has 1 aromatic heterocycles. The fraction of sp³-hybridized carbons (Fsp3) is 0.0952. The lowest BCUT2D eigenvalue weighted by Crippen LogP contribution is -2.15. The van der Waals surface area contributed by atoms with Gasteiger partial charge >= 0.3 is 5.97 Å². The third-order valence-electron chi connectivity index (χ3n) is 4.56. The number of anilines is 1. The van der Waals surface area contributed by atoms with Crippen LogP contribution in [0.1, 0.15) is 5.56 Å². The molecule has 4 rings (SSSR count). The van der Waals surface area contributed by atoms with Crippen LogP contribution in [0.5, 0.6) is 5.75 Å². The maximum absolute atomic E-state index is 13.0. The molecule has 3 aromatic carbocycles. The molecular weight excluding hydrogens is 394 g/mol. The molecule has 8 heteroatoms. The van der Waals surface area contributed by atoms with Crippen LogP contribution < -0.4 is 9.46 Å². The Morgan fingerprint density at radius 1 is 1.03 bits per heavy atom. The molecular formula is C21H17NO6S. The molecule has 29 heavy (non-hydrogen) atoms. The summed E-state index contributed by atoms with van der Waals surface area (Å²) in [6.45, 7) is 0. The number of nitrogens with one attached hydrogen (secondary N) is 1. The van der Waals surface area contributed by atoms with E-state index >= 15 is 0 Å². The van der Waals surface area contributed by atoms with E-state index in [2.05, 4.69) is 4.72 Å². The first kappa shape index (κ1) is 18.8. The van der Waals surface area contributed by atoms with Crippen LogP contribution in [-0.2, 0) is 21.2 Å². The second-order valence-electron chi connectivity index (χ2n) is 6.46. The lowest BCUT2D eigenvalue weighted by molar-refractivity contribution is -0.136. The molecule has 0 aliphatic carbocycles. The number of furan rings is 1. The summed E-state index contributed by atoms with van der Waals surface area (Å²) in [6.07, 6.45) is -0.326. The number of aliphatic carboxylic acids is 1. The maximum atomic E-state index is 13.0. The number of benzene rings is 3. The van der Waals surface area contributed by atoms with Crippen molar-refractivity contribution >= 4 is 43.6 Å². The average molecular weight is 411 g/mol. The minimum Gasteiger partial charge on any atom is -0.497 e. The number of ether oxygens (including phenoxy) is 1. The summed E-state index contributed by atoms with van der Waals surface area (Å²) in [5, 5.41) is 10.6. The number of hydrogen-bond donors (Lipinski definition) is 2. The van der Waals surface area contributed by atoms with Gasteiger partial charge in [-0.05, 0) is 35.9 Å². The Bertz CT molecular complexity index is 1340. The zero-order valence-electron chi connectivity index (χ0n) is 15.4. The highest BCUT2D eigenvalue weighted by Crippen LogP contribution is 2.31. The average Bonchev–Trinajstić information content (AvgIpc) is 3.06. The second kappa shape index (κ2) is 7.14. The van der Waals surface area contributed by atoms with Gasteiger partial charge in [0.25, 0.3) is 10.0 Å². The lowest BCUT2D eigenvalue weighted by atomic mass is 10.1. The van der Waals surface area contributed by atoms with E-state index in [4.69, 9.17) is 14.3 Å². The van der Waals surface area contributed by atoms with Gasteiger partial charge in [0, 0.05) is 16.8 Å². The second-order valence-corrected chi connectivity index (χ2v) is 8.14. The summed E-state index contributed by atoms with van der Waals surface area (Å²) in [6, 6.07) is 16.5.